The third kappa shape index (κ3) is 5.41. The lowest BCUT2D eigenvalue weighted by atomic mass is 10.0. The van der Waals surface area contributed by atoms with Gasteiger partial charge in [0.15, 0.2) is 5.69 Å². The van der Waals surface area contributed by atoms with Gasteiger partial charge < -0.3 is 20.2 Å². The van der Waals surface area contributed by atoms with E-state index < -0.39 is 0 Å². The molecular formula is C17H23N3O3. The van der Waals surface area contributed by atoms with Gasteiger partial charge in [0.25, 0.3) is 5.91 Å². The van der Waals surface area contributed by atoms with Gasteiger partial charge in [-0.15, -0.1) is 0 Å². The number of nitrogens with two attached hydrogens (primary N) is 1. The number of benzene rings is 1. The largest absolute Gasteiger partial charge is 0.492 e. The van der Waals surface area contributed by atoms with Crippen molar-refractivity contribution < 1.29 is 13.9 Å². The van der Waals surface area contributed by atoms with Gasteiger partial charge >= 0.3 is 0 Å². The van der Waals surface area contributed by atoms with Gasteiger partial charge in [-0.2, -0.15) is 0 Å². The molecule has 1 aromatic carbocycles. The Balaban J connectivity index is 1.76. The number of aromatic nitrogens is 1. The summed E-state index contributed by atoms with van der Waals surface area (Å²) in [6.45, 7) is 4.91. The third-order valence-corrected chi connectivity index (χ3v) is 3.20. The average molecular weight is 317 g/mol. The Labute approximate surface area is 136 Å². The number of oxazole rings is 1. The van der Waals surface area contributed by atoms with Gasteiger partial charge in [-0.05, 0) is 24.5 Å². The zero-order valence-electron chi connectivity index (χ0n) is 13.5. The van der Waals surface area contributed by atoms with E-state index in [9.17, 15) is 4.79 Å². The maximum Gasteiger partial charge on any atom is 0.273 e. The van der Waals surface area contributed by atoms with E-state index in [0.29, 0.717) is 25.0 Å². The molecule has 0 spiro atoms. The Hall–Kier alpha value is -2.34. The fraction of sp³-hybridized carbons (Fsp3) is 0.412. The molecule has 6 nitrogen and oxygen atoms in total. The maximum atomic E-state index is 12.0. The van der Waals surface area contributed by atoms with Crippen LogP contribution in [0.4, 0.5) is 0 Å². The first-order valence-electron chi connectivity index (χ1n) is 7.73. The minimum absolute atomic E-state index is 0.235. The number of ether oxygens (including phenoxy) is 1. The molecule has 0 fully saturated rings. The number of hydrogen-bond acceptors (Lipinski definition) is 5. The summed E-state index contributed by atoms with van der Waals surface area (Å²) in [5.41, 5.74) is 6.22. The lowest BCUT2D eigenvalue weighted by Gasteiger charge is -2.09. The molecule has 1 aromatic heterocycles. The van der Waals surface area contributed by atoms with Crippen molar-refractivity contribution >= 4 is 5.91 Å². The van der Waals surface area contributed by atoms with Crippen molar-refractivity contribution in [2.45, 2.75) is 26.3 Å². The Kier molecular flexibility index (Phi) is 6.17. The molecule has 3 N–H and O–H groups in total. The number of amides is 1. The van der Waals surface area contributed by atoms with Crippen molar-refractivity contribution in [1.29, 1.82) is 0 Å². The van der Waals surface area contributed by atoms with Crippen molar-refractivity contribution in [1.82, 2.24) is 10.3 Å². The third-order valence-electron chi connectivity index (χ3n) is 3.20. The lowest BCUT2D eigenvalue weighted by Crippen LogP contribution is -2.28. The molecule has 124 valence electrons. The first-order chi connectivity index (χ1) is 11.1. The van der Waals surface area contributed by atoms with Crippen LogP contribution in [0.3, 0.4) is 0 Å². The summed E-state index contributed by atoms with van der Waals surface area (Å²) in [7, 11) is 0. The molecule has 1 amide bonds. The number of para-hydroxylation sites is 1. The number of carbonyl (C=O) groups is 1. The molecule has 0 saturated carbocycles. The van der Waals surface area contributed by atoms with Crippen molar-refractivity contribution in [3.05, 3.63) is 48.2 Å². The van der Waals surface area contributed by atoms with E-state index in [1.165, 1.54) is 6.26 Å². The van der Waals surface area contributed by atoms with Gasteiger partial charge in [-0.25, -0.2) is 4.98 Å². The number of rotatable bonds is 8. The molecule has 0 aliphatic heterocycles. The molecule has 0 aliphatic carbocycles. The first-order valence-corrected chi connectivity index (χ1v) is 7.73. The van der Waals surface area contributed by atoms with Crippen LogP contribution in [0.5, 0.6) is 5.75 Å². The van der Waals surface area contributed by atoms with Crippen molar-refractivity contribution in [2.24, 2.45) is 11.7 Å². The highest BCUT2D eigenvalue weighted by Crippen LogP contribution is 2.18. The Bertz CT molecular complexity index is 611. The normalized spacial score (nSPS) is 12.2. The number of hydrogen-bond donors (Lipinski definition) is 2. The molecule has 0 bridgehead atoms. The summed E-state index contributed by atoms with van der Waals surface area (Å²) in [6.07, 6.45) is 2.09. The van der Waals surface area contributed by atoms with Gasteiger partial charge in [0.05, 0.1) is 12.6 Å². The zero-order chi connectivity index (χ0) is 16.7. The predicted molar refractivity (Wildman–Crippen MR) is 87.2 cm³/mol. The molecule has 0 saturated heterocycles. The highest BCUT2D eigenvalue weighted by atomic mass is 16.5. The van der Waals surface area contributed by atoms with E-state index in [1.54, 1.807) is 0 Å². The van der Waals surface area contributed by atoms with Gasteiger partial charge in [0.2, 0.25) is 5.89 Å². The Morgan fingerprint density at radius 1 is 1.35 bits per heavy atom. The molecule has 0 aliphatic rings. The van der Waals surface area contributed by atoms with E-state index in [1.807, 2.05) is 30.3 Å². The molecule has 1 unspecified atom stereocenters. The average Bonchev–Trinajstić information content (AvgIpc) is 3.02. The number of nitrogens with zero attached hydrogens (tertiary/aromatic N) is 1. The van der Waals surface area contributed by atoms with E-state index in [0.717, 1.165) is 12.2 Å². The molecule has 2 rings (SSSR count). The van der Waals surface area contributed by atoms with Crippen LogP contribution in [0.1, 0.15) is 42.7 Å². The van der Waals surface area contributed by atoms with Crippen LogP contribution in [0.2, 0.25) is 0 Å². The van der Waals surface area contributed by atoms with Crippen LogP contribution in [-0.2, 0) is 0 Å². The number of nitrogens with one attached hydrogen (secondary N) is 1. The second kappa shape index (κ2) is 8.33. The van der Waals surface area contributed by atoms with Crippen LogP contribution < -0.4 is 15.8 Å². The molecule has 1 atom stereocenters. The Morgan fingerprint density at radius 2 is 2.09 bits per heavy atom. The van der Waals surface area contributed by atoms with E-state index >= 15 is 0 Å². The quantitative estimate of drug-likeness (QED) is 0.730. The summed E-state index contributed by atoms with van der Waals surface area (Å²) >= 11 is 0. The molecular weight excluding hydrogens is 294 g/mol. The van der Waals surface area contributed by atoms with Crippen LogP contribution in [0.25, 0.3) is 0 Å². The molecule has 23 heavy (non-hydrogen) atoms. The smallest absolute Gasteiger partial charge is 0.273 e. The highest BCUT2D eigenvalue weighted by Gasteiger charge is 2.17. The topological polar surface area (TPSA) is 90.4 Å². The van der Waals surface area contributed by atoms with Gasteiger partial charge in [-0.3, -0.25) is 4.79 Å². The lowest BCUT2D eigenvalue weighted by molar-refractivity contribution is 0.0942. The van der Waals surface area contributed by atoms with Crippen molar-refractivity contribution in [2.75, 3.05) is 13.2 Å². The number of carbonyl (C=O) groups excluding carboxylic acids is 1. The highest BCUT2D eigenvalue weighted by molar-refractivity contribution is 5.91. The monoisotopic (exact) mass is 317 g/mol. The first kappa shape index (κ1) is 17.0. The fourth-order valence-corrected chi connectivity index (χ4v) is 2.11. The van der Waals surface area contributed by atoms with Crippen LogP contribution in [0, 0.1) is 5.92 Å². The maximum absolute atomic E-state index is 12.0. The summed E-state index contributed by atoms with van der Waals surface area (Å²) in [5.74, 6) is 1.30. The van der Waals surface area contributed by atoms with Gasteiger partial charge in [0.1, 0.15) is 18.6 Å². The zero-order valence-corrected chi connectivity index (χ0v) is 13.5. The summed E-state index contributed by atoms with van der Waals surface area (Å²) in [6, 6.07) is 9.14. The van der Waals surface area contributed by atoms with Gasteiger partial charge in [0, 0.05) is 0 Å². The van der Waals surface area contributed by atoms with Crippen LogP contribution in [0.15, 0.2) is 41.0 Å². The van der Waals surface area contributed by atoms with E-state index in [4.69, 9.17) is 14.9 Å². The van der Waals surface area contributed by atoms with Crippen LogP contribution >= 0.6 is 0 Å². The summed E-state index contributed by atoms with van der Waals surface area (Å²) < 4.78 is 10.8. The van der Waals surface area contributed by atoms with Crippen LogP contribution in [-0.4, -0.2) is 24.0 Å². The molecule has 0 radical (unpaired) electrons. The second-order valence-corrected chi connectivity index (χ2v) is 5.72. The minimum Gasteiger partial charge on any atom is -0.492 e. The Morgan fingerprint density at radius 3 is 2.78 bits per heavy atom. The predicted octanol–water partition coefficient (Wildman–Crippen LogP) is 2.53. The fourth-order valence-electron chi connectivity index (χ4n) is 2.11. The second-order valence-electron chi connectivity index (χ2n) is 5.72. The molecule has 2 aromatic rings. The van der Waals surface area contributed by atoms with Crippen molar-refractivity contribution in [3.8, 4) is 5.75 Å². The summed E-state index contributed by atoms with van der Waals surface area (Å²) in [5, 5.41) is 2.73. The SMILES string of the molecule is CC(C)CC(N)c1nc(C(=O)NCCOc2ccccc2)co1. The summed E-state index contributed by atoms with van der Waals surface area (Å²) in [4.78, 5) is 16.1. The standard InChI is InChI=1S/C17H23N3O3/c1-12(2)10-14(18)17-20-15(11-23-17)16(21)19-8-9-22-13-6-4-3-5-7-13/h3-7,11-12,14H,8-10,18H2,1-2H3,(H,19,21). The van der Waals surface area contributed by atoms with Crippen molar-refractivity contribution in [3.63, 3.8) is 0 Å². The minimum atomic E-state index is -0.298. The van der Waals surface area contributed by atoms with Gasteiger partial charge in [-0.1, -0.05) is 32.0 Å². The molecule has 1 heterocycles. The van der Waals surface area contributed by atoms with E-state index in [2.05, 4.69) is 24.1 Å². The van der Waals surface area contributed by atoms with E-state index in [-0.39, 0.29) is 17.6 Å². The molecule has 6 heteroatoms.